The lowest BCUT2D eigenvalue weighted by Crippen LogP contribution is -2.43. The van der Waals surface area contributed by atoms with Gasteiger partial charge in [-0.3, -0.25) is 4.79 Å². The van der Waals surface area contributed by atoms with Crippen molar-refractivity contribution < 1.29 is 4.79 Å². The molecule has 3 heterocycles. The second kappa shape index (κ2) is 8.16. The van der Waals surface area contributed by atoms with Gasteiger partial charge in [0.05, 0.1) is 23.1 Å². The normalized spacial score (nSPS) is 16.4. The molecule has 31 heavy (non-hydrogen) atoms. The summed E-state index contributed by atoms with van der Waals surface area (Å²) in [6.45, 7) is 1.70. The van der Waals surface area contributed by atoms with Gasteiger partial charge in [0.25, 0.3) is 11.9 Å². The Hall–Kier alpha value is -3.78. The molecule has 0 radical (unpaired) electrons. The molecule has 8 nitrogen and oxygen atoms in total. The van der Waals surface area contributed by atoms with E-state index in [1.165, 1.54) is 0 Å². The zero-order valence-corrected chi connectivity index (χ0v) is 17.0. The van der Waals surface area contributed by atoms with Crippen LogP contribution in [0.1, 0.15) is 23.3 Å². The molecule has 0 unspecified atom stereocenters. The molecule has 2 aromatic heterocycles. The number of para-hydroxylation sites is 3. The van der Waals surface area contributed by atoms with Crippen LogP contribution in [0.3, 0.4) is 0 Å². The minimum Gasteiger partial charge on any atom is -0.368 e. The first-order valence-corrected chi connectivity index (χ1v) is 10.4. The lowest BCUT2D eigenvalue weighted by Gasteiger charge is -2.33. The van der Waals surface area contributed by atoms with E-state index in [1.807, 2.05) is 48.5 Å². The zero-order chi connectivity index (χ0) is 21.2. The fourth-order valence-corrected chi connectivity index (χ4v) is 3.98. The van der Waals surface area contributed by atoms with E-state index in [1.54, 1.807) is 23.1 Å². The van der Waals surface area contributed by atoms with Gasteiger partial charge >= 0.3 is 0 Å². The van der Waals surface area contributed by atoms with Gasteiger partial charge in [0, 0.05) is 30.7 Å². The van der Waals surface area contributed by atoms with Crippen LogP contribution in [0.2, 0.25) is 0 Å². The van der Waals surface area contributed by atoms with Gasteiger partial charge in [0.15, 0.2) is 0 Å². The molecule has 2 aromatic carbocycles. The molecule has 1 atom stereocenters. The summed E-state index contributed by atoms with van der Waals surface area (Å²) in [7, 11) is 0. The summed E-state index contributed by atoms with van der Waals surface area (Å²) < 4.78 is 1.63. The monoisotopic (exact) mass is 413 g/mol. The Labute approximate surface area is 179 Å². The van der Waals surface area contributed by atoms with Crippen molar-refractivity contribution in [3.8, 4) is 5.95 Å². The Morgan fingerprint density at radius 3 is 2.84 bits per heavy atom. The van der Waals surface area contributed by atoms with Crippen LogP contribution in [0.25, 0.3) is 16.9 Å². The van der Waals surface area contributed by atoms with E-state index in [9.17, 15) is 4.79 Å². The van der Waals surface area contributed by atoms with Gasteiger partial charge in [-0.05, 0) is 37.1 Å². The SMILES string of the molecule is N[C@H]1CCCN(c2ccccc2NC(=O)c2ccnc(-n3ncc4ccccc43)n2)C1. The number of carbonyl (C=O) groups is 1. The minimum atomic E-state index is -0.297. The Morgan fingerprint density at radius 1 is 1.10 bits per heavy atom. The van der Waals surface area contributed by atoms with Crippen LogP contribution in [0, 0.1) is 0 Å². The molecule has 1 aliphatic heterocycles. The highest BCUT2D eigenvalue weighted by atomic mass is 16.1. The van der Waals surface area contributed by atoms with E-state index >= 15 is 0 Å². The molecule has 0 spiro atoms. The number of fused-ring (bicyclic) bond motifs is 1. The number of nitrogens with zero attached hydrogens (tertiary/aromatic N) is 5. The summed E-state index contributed by atoms with van der Waals surface area (Å²) in [5.41, 5.74) is 9.02. The Kier molecular flexibility index (Phi) is 5.05. The predicted molar refractivity (Wildman–Crippen MR) is 120 cm³/mol. The second-order valence-corrected chi connectivity index (χ2v) is 7.68. The number of hydrogen-bond donors (Lipinski definition) is 2. The van der Waals surface area contributed by atoms with Gasteiger partial charge in [-0.1, -0.05) is 30.3 Å². The molecule has 0 bridgehead atoms. The van der Waals surface area contributed by atoms with Gasteiger partial charge in [0.1, 0.15) is 5.69 Å². The lowest BCUT2D eigenvalue weighted by atomic mass is 10.1. The third-order valence-corrected chi connectivity index (χ3v) is 5.49. The van der Waals surface area contributed by atoms with Crippen molar-refractivity contribution in [2.75, 3.05) is 23.3 Å². The number of benzene rings is 2. The van der Waals surface area contributed by atoms with Gasteiger partial charge in [-0.2, -0.15) is 9.78 Å². The van der Waals surface area contributed by atoms with Crippen LogP contribution in [-0.2, 0) is 0 Å². The second-order valence-electron chi connectivity index (χ2n) is 7.68. The number of amides is 1. The summed E-state index contributed by atoms with van der Waals surface area (Å²) in [5.74, 6) is 0.0537. The number of nitrogens with two attached hydrogens (primary N) is 1. The van der Waals surface area contributed by atoms with Gasteiger partial charge in [-0.15, -0.1) is 0 Å². The molecule has 1 aliphatic rings. The number of nitrogens with one attached hydrogen (secondary N) is 1. The fraction of sp³-hybridized carbons (Fsp3) is 0.217. The Bertz CT molecular complexity index is 1240. The average Bonchev–Trinajstić information content (AvgIpc) is 3.24. The van der Waals surface area contributed by atoms with Gasteiger partial charge in [-0.25, -0.2) is 9.97 Å². The molecule has 4 aromatic rings. The first-order valence-electron chi connectivity index (χ1n) is 10.4. The van der Waals surface area contributed by atoms with E-state index in [4.69, 9.17) is 5.73 Å². The molecule has 3 N–H and O–H groups in total. The third-order valence-electron chi connectivity index (χ3n) is 5.49. The van der Waals surface area contributed by atoms with Crippen molar-refractivity contribution in [1.29, 1.82) is 0 Å². The predicted octanol–water partition coefficient (Wildman–Crippen LogP) is 3.00. The summed E-state index contributed by atoms with van der Waals surface area (Å²) >= 11 is 0. The highest BCUT2D eigenvalue weighted by Crippen LogP contribution is 2.28. The standard InChI is InChI=1S/C23H23N7O/c24-17-7-5-13-29(15-17)21-10-4-2-8-18(21)27-22(31)19-11-12-25-23(28-19)30-20-9-3-1-6-16(20)14-26-30/h1-4,6,8-12,14,17H,5,7,13,15,24H2,(H,27,31)/t17-/m0/s1. The molecule has 5 rings (SSSR count). The number of rotatable bonds is 4. The van der Waals surface area contributed by atoms with Crippen LogP contribution in [-0.4, -0.2) is 44.8 Å². The lowest BCUT2D eigenvalue weighted by molar-refractivity contribution is 0.102. The largest absolute Gasteiger partial charge is 0.368 e. The van der Waals surface area contributed by atoms with Crippen molar-refractivity contribution >= 4 is 28.2 Å². The summed E-state index contributed by atoms with van der Waals surface area (Å²) in [5, 5.41) is 8.36. The van der Waals surface area contributed by atoms with Crippen LogP contribution < -0.4 is 16.0 Å². The maximum absolute atomic E-state index is 13.0. The van der Waals surface area contributed by atoms with Crippen LogP contribution >= 0.6 is 0 Å². The van der Waals surface area contributed by atoms with Crippen molar-refractivity contribution in [3.63, 3.8) is 0 Å². The molecular formula is C23H23N7O. The minimum absolute atomic E-state index is 0.144. The fourth-order valence-electron chi connectivity index (χ4n) is 3.98. The topological polar surface area (TPSA) is 102 Å². The number of carbonyl (C=O) groups excluding carboxylic acids is 1. The van der Waals surface area contributed by atoms with Crippen molar-refractivity contribution in [2.45, 2.75) is 18.9 Å². The summed E-state index contributed by atoms with van der Waals surface area (Å²) in [4.78, 5) is 24.0. The van der Waals surface area contributed by atoms with E-state index in [2.05, 4.69) is 25.3 Å². The van der Waals surface area contributed by atoms with Crippen molar-refractivity contribution in [2.24, 2.45) is 5.73 Å². The molecular weight excluding hydrogens is 390 g/mol. The first-order chi connectivity index (χ1) is 15.2. The zero-order valence-electron chi connectivity index (χ0n) is 17.0. The molecule has 1 fully saturated rings. The highest BCUT2D eigenvalue weighted by molar-refractivity contribution is 6.04. The molecule has 8 heteroatoms. The molecule has 0 saturated carbocycles. The van der Waals surface area contributed by atoms with Gasteiger partial charge < -0.3 is 16.0 Å². The van der Waals surface area contributed by atoms with Crippen molar-refractivity contribution in [1.82, 2.24) is 19.7 Å². The number of aromatic nitrogens is 4. The number of piperidine rings is 1. The van der Waals surface area contributed by atoms with Gasteiger partial charge in [0.2, 0.25) is 0 Å². The molecule has 1 saturated heterocycles. The smallest absolute Gasteiger partial charge is 0.274 e. The summed E-state index contributed by atoms with van der Waals surface area (Å²) in [6, 6.07) is 17.3. The van der Waals surface area contributed by atoms with E-state index in [-0.39, 0.29) is 17.6 Å². The Morgan fingerprint density at radius 2 is 1.94 bits per heavy atom. The first kappa shape index (κ1) is 19.2. The number of hydrogen-bond acceptors (Lipinski definition) is 6. The van der Waals surface area contributed by atoms with Crippen LogP contribution in [0.4, 0.5) is 11.4 Å². The average molecular weight is 413 g/mol. The number of anilines is 2. The molecule has 0 aliphatic carbocycles. The van der Waals surface area contributed by atoms with Crippen molar-refractivity contribution in [3.05, 3.63) is 72.7 Å². The molecule has 156 valence electrons. The van der Waals surface area contributed by atoms with E-state index < -0.39 is 0 Å². The highest BCUT2D eigenvalue weighted by Gasteiger charge is 2.20. The third kappa shape index (κ3) is 3.85. The van der Waals surface area contributed by atoms with Crippen LogP contribution in [0.15, 0.2) is 67.0 Å². The quantitative estimate of drug-likeness (QED) is 0.533. The maximum Gasteiger partial charge on any atom is 0.274 e. The van der Waals surface area contributed by atoms with Crippen LogP contribution in [0.5, 0.6) is 0 Å². The van der Waals surface area contributed by atoms with E-state index in [0.717, 1.165) is 48.2 Å². The molecule has 1 amide bonds. The Balaban J connectivity index is 1.42. The maximum atomic E-state index is 13.0. The summed E-state index contributed by atoms with van der Waals surface area (Å²) in [6.07, 6.45) is 5.39. The van der Waals surface area contributed by atoms with E-state index in [0.29, 0.717) is 5.95 Å².